The van der Waals surface area contributed by atoms with Gasteiger partial charge < -0.3 is 59.1 Å². The zero-order chi connectivity index (χ0) is 7.54. The first-order chi connectivity index (χ1) is 4.33. The fraction of sp³-hybridized carbons (Fsp3) is 1.00. The van der Waals surface area contributed by atoms with Gasteiger partial charge in [-0.2, -0.15) is 0 Å². The topological polar surface area (TPSA) is 84.3 Å². The van der Waals surface area contributed by atoms with Crippen LogP contribution in [0.15, 0.2) is 0 Å². The molecule has 4 nitrogen and oxygen atoms in total. The average Bonchev–Trinajstić information content (AvgIpc) is 1.91. The molecule has 0 aliphatic heterocycles. The van der Waals surface area contributed by atoms with Crippen molar-refractivity contribution in [3.05, 3.63) is 0 Å². The molecule has 13 heavy (non-hydrogen) atoms. The van der Waals surface area contributed by atoms with Gasteiger partial charge in [0.25, 0.3) is 0 Å². The van der Waals surface area contributed by atoms with E-state index in [9.17, 15) is 0 Å². The summed E-state index contributed by atoms with van der Waals surface area (Å²) in [5.41, 5.74) is 9.81. The summed E-state index contributed by atoms with van der Waals surface area (Å²) in [6, 6.07) is 0. The Morgan fingerprint density at radius 1 is 1.08 bits per heavy atom. The van der Waals surface area contributed by atoms with E-state index in [0.29, 0.717) is 19.6 Å². The minimum atomic E-state index is 0. The van der Waals surface area contributed by atoms with Crippen molar-refractivity contribution in [2.24, 2.45) is 11.5 Å². The molecule has 0 atom stereocenters. The fourth-order valence-electron chi connectivity index (χ4n) is 0.112. The van der Waals surface area contributed by atoms with Crippen molar-refractivity contribution >= 4 is 0 Å². The van der Waals surface area contributed by atoms with Gasteiger partial charge in [-0.1, -0.05) is 0 Å². The third-order valence-electron chi connectivity index (χ3n) is 0.528. The molecule has 0 heterocycles. The summed E-state index contributed by atoms with van der Waals surface area (Å²) in [6.07, 6.45) is 0. The molecule has 0 aromatic rings. The van der Waals surface area contributed by atoms with Gasteiger partial charge >= 0.3 is 17.1 Å². The predicted molar refractivity (Wildman–Crippen MR) is 39.1 cm³/mol. The van der Waals surface area contributed by atoms with Gasteiger partial charge in [-0.05, 0) is 7.05 Å². The molecule has 1 radical (unpaired) electrons. The van der Waals surface area contributed by atoms with Crippen molar-refractivity contribution in [1.29, 1.82) is 0 Å². The third kappa shape index (κ3) is 93.3. The number of hydrogen-bond acceptors (Lipinski definition) is 4. The SMILES string of the molecule is CNCCO.NCCN.[Cl-].[Cl-].[Cl-].[Fe+3]. The van der Waals surface area contributed by atoms with Gasteiger partial charge in [0, 0.05) is 19.6 Å². The van der Waals surface area contributed by atoms with Crippen LogP contribution < -0.4 is 54.0 Å². The molecule has 8 heteroatoms. The zero-order valence-corrected chi connectivity index (χ0v) is 10.8. The minimum absolute atomic E-state index is 0. The van der Waals surface area contributed by atoms with Crippen LogP contribution in [0.1, 0.15) is 0 Å². The molecule has 0 saturated carbocycles. The molecule has 0 aromatic heterocycles. The van der Waals surface area contributed by atoms with E-state index >= 15 is 0 Å². The van der Waals surface area contributed by atoms with Crippen LogP contribution in [-0.4, -0.2) is 38.4 Å². The van der Waals surface area contributed by atoms with E-state index < -0.39 is 0 Å². The van der Waals surface area contributed by atoms with E-state index in [1.54, 1.807) is 7.05 Å². The number of nitrogens with two attached hydrogens (primary N) is 2. The quantitative estimate of drug-likeness (QED) is 0.390. The minimum Gasteiger partial charge on any atom is -1.00 e. The Balaban J connectivity index is -0.0000000146. The Bertz CT molecular complexity index is 46.2. The molecule has 0 unspecified atom stereocenters. The summed E-state index contributed by atoms with van der Waals surface area (Å²) >= 11 is 0. The Morgan fingerprint density at radius 2 is 1.38 bits per heavy atom. The molecule has 87 valence electrons. The Morgan fingerprint density at radius 3 is 1.38 bits per heavy atom. The maximum Gasteiger partial charge on any atom is 3.00 e. The van der Waals surface area contributed by atoms with Crippen molar-refractivity contribution in [2.45, 2.75) is 0 Å². The van der Waals surface area contributed by atoms with E-state index in [2.05, 4.69) is 5.32 Å². The first kappa shape index (κ1) is 36.8. The van der Waals surface area contributed by atoms with Crippen molar-refractivity contribution in [3.63, 3.8) is 0 Å². The summed E-state index contributed by atoms with van der Waals surface area (Å²) in [5.74, 6) is 0. The first-order valence-corrected chi connectivity index (χ1v) is 2.99. The number of nitrogens with one attached hydrogen (secondary N) is 1. The summed E-state index contributed by atoms with van der Waals surface area (Å²) in [5, 5.41) is 10.8. The van der Waals surface area contributed by atoms with E-state index in [4.69, 9.17) is 16.6 Å². The van der Waals surface area contributed by atoms with Gasteiger partial charge in [0.15, 0.2) is 0 Å². The van der Waals surface area contributed by atoms with E-state index in [-0.39, 0.29) is 60.9 Å². The summed E-state index contributed by atoms with van der Waals surface area (Å²) in [4.78, 5) is 0. The van der Waals surface area contributed by atoms with Crippen LogP contribution in [0, 0.1) is 0 Å². The number of rotatable bonds is 3. The molecule has 0 rings (SSSR count). The van der Waals surface area contributed by atoms with Crippen molar-refractivity contribution in [1.82, 2.24) is 5.32 Å². The Labute approximate surface area is 109 Å². The van der Waals surface area contributed by atoms with Gasteiger partial charge in [0.2, 0.25) is 0 Å². The molecule has 0 spiro atoms. The number of hydrogen-bond donors (Lipinski definition) is 4. The molecule has 0 aliphatic carbocycles. The molecular formula is C5H17Cl3FeN3O. The first-order valence-electron chi connectivity index (χ1n) is 2.99. The second-order valence-corrected chi connectivity index (χ2v) is 1.40. The smallest absolute Gasteiger partial charge is 1.00 e. The molecular weight excluding hydrogens is 280 g/mol. The van der Waals surface area contributed by atoms with Crippen molar-refractivity contribution < 1.29 is 59.4 Å². The second-order valence-electron chi connectivity index (χ2n) is 1.40. The number of aliphatic hydroxyl groups is 1. The fourth-order valence-corrected chi connectivity index (χ4v) is 0.112. The number of aliphatic hydroxyl groups excluding tert-OH is 1. The van der Waals surface area contributed by atoms with E-state index in [1.165, 1.54) is 0 Å². The summed E-state index contributed by atoms with van der Waals surface area (Å²) in [6.45, 7) is 2.12. The van der Waals surface area contributed by atoms with Crippen LogP contribution in [0.4, 0.5) is 0 Å². The molecule has 0 saturated heterocycles. The molecule has 0 amide bonds. The normalized spacial score (nSPS) is 5.54. The molecule has 0 bridgehead atoms. The van der Waals surface area contributed by atoms with Gasteiger partial charge in [0.1, 0.15) is 0 Å². The van der Waals surface area contributed by atoms with Crippen LogP contribution in [0.3, 0.4) is 0 Å². The summed E-state index contributed by atoms with van der Waals surface area (Å²) in [7, 11) is 1.80. The van der Waals surface area contributed by atoms with Crippen molar-refractivity contribution in [3.8, 4) is 0 Å². The number of halogens is 3. The standard InChI is InChI=1S/C3H9NO.C2H8N2.3ClH.Fe/c1-4-2-3-5;3-1-2-4;;;;/h4-5H,2-3H2,1H3;1-4H2;3*1H;/q;;;;;+3/p-3. The monoisotopic (exact) mass is 296 g/mol. The number of likely N-dealkylation sites (N-methyl/N-ethyl adjacent to an activating group) is 1. The zero-order valence-electron chi connectivity index (χ0n) is 7.42. The van der Waals surface area contributed by atoms with Crippen molar-refractivity contribution in [2.75, 3.05) is 33.3 Å². The maximum absolute atomic E-state index is 8.00. The van der Waals surface area contributed by atoms with Gasteiger partial charge in [-0.25, -0.2) is 0 Å². The molecule has 0 aliphatic rings. The van der Waals surface area contributed by atoms with Crippen LogP contribution in [-0.2, 0) is 17.1 Å². The Hall–Kier alpha value is 1.23. The van der Waals surface area contributed by atoms with Crippen LogP contribution in [0.5, 0.6) is 0 Å². The van der Waals surface area contributed by atoms with Crippen LogP contribution >= 0.6 is 0 Å². The molecule has 0 aromatic carbocycles. The molecule has 0 fully saturated rings. The largest absolute Gasteiger partial charge is 3.00 e. The molecule has 6 N–H and O–H groups in total. The van der Waals surface area contributed by atoms with Gasteiger partial charge in [0.05, 0.1) is 6.61 Å². The van der Waals surface area contributed by atoms with Gasteiger partial charge in [-0.15, -0.1) is 0 Å². The summed E-state index contributed by atoms with van der Waals surface area (Å²) < 4.78 is 0. The van der Waals surface area contributed by atoms with Crippen LogP contribution in [0.25, 0.3) is 0 Å². The van der Waals surface area contributed by atoms with E-state index in [1.807, 2.05) is 0 Å². The Kier molecular flexibility index (Phi) is 144. The average molecular weight is 297 g/mol. The van der Waals surface area contributed by atoms with Gasteiger partial charge in [-0.3, -0.25) is 0 Å². The maximum atomic E-state index is 8.00. The predicted octanol–water partition coefficient (Wildman–Crippen LogP) is -10.9. The third-order valence-corrected chi connectivity index (χ3v) is 0.528. The second kappa shape index (κ2) is 51.0. The van der Waals surface area contributed by atoms with Crippen LogP contribution in [0.2, 0.25) is 0 Å². The van der Waals surface area contributed by atoms with E-state index in [0.717, 1.165) is 0 Å².